The number of carboxylic acids is 1. The number of carbonyl (C=O) groups excluding carboxylic acids is 8. The Bertz CT molecular complexity index is 5560. The van der Waals surface area contributed by atoms with Crippen molar-refractivity contribution in [2.45, 2.75) is 206 Å². The van der Waals surface area contributed by atoms with Crippen LogP contribution in [0.1, 0.15) is 135 Å². The van der Waals surface area contributed by atoms with Gasteiger partial charge in [0.05, 0.1) is 29.9 Å². The highest BCUT2D eigenvalue weighted by Gasteiger charge is 2.52. The number of halogens is 2. The van der Waals surface area contributed by atoms with Crippen molar-refractivity contribution in [2.75, 3.05) is 19.8 Å². The fraction of sp³-hybridized carbons (Fsp3) is 0.420. The minimum atomic E-state index is -2.59. The van der Waals surface area contributed by atoms with Crippen molar-refractivity contribution in [3.05, 3.63) is 164 Å². The third-order valence-corrected chi connectivity index (χ3v) is 24.0. The number of aliphatic hydroxyl groups is 10. The molecule has 7 aromatic carbocycles. The molecule has 8 amide bonds. The van der Waals surface area contributed by atoms with Crippen molar-refractivity contribution in [1.82, 2.24) is 42.5 Å². The summed E-state index contributed by atoms with van der Waals surface area (Å²) in [4.78, 5) is 138. The maximum Gasteiger partial charge on any atom is 0.330 e. The van der Waals surface area contributed by atoms with Crippen LogP contribution in [0.25, 0.3) is 11.1 Å². The van der Waals surface area contributed by atoms with E-state index in [2.05, 4.69) is 56.4 Å². The monoisotopic (exact) mass is 1880 g/mol. The molecule has 9 aliphatic rings. The summed E-state index contributed by atoms with van der Waals surface area (Å²) >= 11 is 14.7. The number of unbranched alkanes of at least 4 members (excludes halogenated alkanes) is 3. The fourth-order valence-corrected chi connectivity index (χ4v) is 16.9. The molecule has 42 nitrogen and oxygen atoms in total. The fourth-order valence-electron chi connectivity index (χ4n) is 16.5. The van der Waals surface area contributed by atoms with Gasteiger partial charge in [-0.2, -0.15) is 0 Å². The minimum Gasteiger partial charge on any atom is -0.508 e. The molecule has 0 saturated carbocycles. The van der Waals surface area contributed by atoms with Gasteiger partial charge in [0.1, 0.15) is 156 Å². The lowest BCUT2D eigenvalue weighted by Gasteiger charge is -2.44. The van der Waals surface area contributed by atoms with Gasteiger partial charge in [0.25, 0.3) is 0 Å². The van der Waals surface area contributed by atoms with Gasteiger partial charge in [0, 0.05) is 48.6 Å². The first-order chi connectivity index (χ1) is 62.9. The molecule has 0 radical (unpaired) electrons. The molecule has 16 rings (SSSR count). The van der Waals surface area contributed by atoms with E-state index in [1.54, 1.807) is 0 Å². The van der Waals surface area contributed by atoms with Crippen molar-refractivity contribution in [3.63, 3.8) is 0 Å². The number of ether oxygens (including phenoxy) is 9. The molecule has 25 N–H and O–H groups in total. The maximum absolute atomic E-state index is 17.0. The first-order valence-corrected chi connectivity index (χ1v) is 42.7. The van der Waals surface area contributed by atoms with E-state index in [1.165, 1.54) is 30.3 Å². The number of aliphatic carboxylic acids is 1. The summed E-state index contributed by atoms with van der Waals surface area (Å²) < 4.78 is 57.5. The van der Waals surface area contributed by atoms with E-state index in [0.29, 0.717) is 18.8 Å². The predicted octanol–water partition coefficient (Wildman–Crippen LogP) is 1.02. The Labute approximate surface area is 759 Å². The highest BCUT2D eigenvalue weighted by atomic mass is 35.5. The Morgan fingerprint density at radius 2 is 1.05 bits per heavy atom. The molecule has 9 heterocycles. The van der Waals surface area contributed by atoms with Crippen LogP contribution in [0.15, 0.2) is 115 Å². The van der Waals surface area contributed by atoms with Crippen molar-refractivity contribution in [2.24, 2.45) is 11.7 Å². The summed E-state index contributed by atoms with van der Waals surface area (Å²) in [5, 5.41) is 190. The minimum absolute atomic E-state index is 0.0267. The molecule has 0 aromatic heterocycles. The van der Waals surface area contributed by atoms with Crippen LogP contribution in [0.3, 0.4) is 0 Å². The number of fused-ring (bicyclic) bond motifs is 14. The standard InChI is InChI=1S/C88H97Cl2N9O33/c1-33(2)8-6-4-5-7-9-60(108)94-68-74(113)71(110)58(31-101)129-87(68)132-78-55-25-40-26-56(78)126-52-17-13-38(23-47(52)90)77(131-86-67(92-34(3)103)73(112)70(109)57(30-100)128-86)69-84(121)98-66(85(122)123)45-28-42(105)29-54(127-88-76(115)75(114)72(111)59(32-102)130-88)61(45)44-22-37(12-14-49(44)106)63(81(118)99-69)96-83(120)65(40)97-82(119)64-39-20-41(104)27-43(21-39)124-53-24-36(11-15-50(53)107)62(91)80(117)93-48(79(116)95-64)19-35-10-16-51(125-55)46(89)18-35/h10-18,20-29,33,48,57-59,62-77,86-88,100-102,104-107,109-115H,4-9,19,30-32,91H2,1-3H3,(H,92,103)(H,93,117)(H,94,108)(H,95,116)(H,96,120)(H,97,119)(H,98,121)(H,99,118)(H,122,123)/t48-,57-,58-,59-,62-,63-,64+,65-,66+,67-,68-,69+,70-,71-,72-,73-,74-,75+,76+,77-,86+,87+,88+/m1/s1. The molecule has 44 heteroatoms. The van der Waals surface area contributed by atoms with Gasteiger partial charge in [-0.25, -0.2) is 4.79 Å². The molecular weight excluding hydrogens is 1780 g/mol. The Hall–Kier alpha value is -12.0. The van der Waals surface area contributed by atoms with Crippen molar-refractivity contribution >= 4 is 76.4 Å². The van der Waals surface area contributed by atoms with Crippen molar-refractivity contribution < 1.29 is 162 Å². The zero-order valence-electron chi connectivity index (χ0n) is 70.3. The van der Waals surface area contributed by atoms with Crippen molar-refractivity contribution in [3.8, 4) is 80.1 Å². The van der Waals surface area contributed by atoms with E-state index in [9.17, 15) is 95.8 Å². The molecule has 7 aromatic rings. The molecule has 23 atom stereocenters. The molecule has 0 spiro atoms. The summed E-state index contributed by atoms with van der Waals surface area (Å²) in [7, 11) is 0. The van der Waals surface area contributed by atoms with Gasteiger partial charge in [-0.05, 0) is 125 Å². The molecule has 17 bridgehead atoms. The average Bonchev–Trinajstić information content (AvgIpc) is 0.748. The van der Waals surface area contributed by atoms with Gasteiger partial charge in [0.2, 0.25) is 65.6 Å². The Kier molecular flexibility index (Phi) is 29.5. The van der Waals surface area contributed by atoms with Crippen LogP contribution in [0.4, 0.5) is 0 Å². The van der Waals surface area contributed by atoms with E-state index in [4.69, 9.17) is 71.6 Å². The normalized spacial score (nSPS) is 28.9. The number of carbonyl (C=O) groups is 9. The third-order valence-electron chi connectivity index (χ3n) is 23.4. The number of aromatic hydroxyl groups is 4. The van der Waals surface area contributed by atoms with E-state index < -0.39 is 316 Å². The lowest BCUT2D eigenvalue weighted by molar-refractivity contribution is -0.284. The smallest absolute Gasteiger partial charge is 0.330 e. The molecule has 706 valence electrons. The molecule has 0 unspecified atom stereocenters. The van der Waals surface area contributed by atoms with Crippen LogP contribution in [0, 0.1) is 5.92 Å². The maximum atomic E-state index is 17.0. The third kappa shape index (κ3) is 20.7. The number of nitrogens with two attached hydrogens (primary N) is 1. The molecular formula is C88H97Cl2N9O33. The van der Waals surface area contributed by atoms with E-state index in [0.717, 1.165) is 111 Å². The average molecular weight is 1880 g/mol. The van der Waals surface area contributed by atoms with Crippen LogP contribution in [0.2, 0.25) is 10.0 Å². The van der Waals surface area contributed by atoms with Crippen LogP contribution in [-0.4, -0.2) is 254 Å². The van der Waals surface area contributed by atoms with Crippen LogP contribution in [-0.2, 0) is 68.5 Å². The second-order valence-electron chi connectivity index (χ2n) is 33.2. The molecule has 3 fully saturated rings. The largest absolute Gasteiger partial charge is 0.508 e. The molecule has 9 aliphatic heterocycles. The number of phenols is 4. The zero-order chi connectivity index (χ0) is 94.9. The lowest BCUT2D eigenvalue weighted by Crippen LogP contribution is -2.65. The van der Waals surface area contributed by atoms with Crippen LogP contribution in [0.5, 0.6) is 69.0 Å². The summed E-state index contributed by atoms with van der Waals surface area (Å²) in [5.41, 5.74) is 2.79. The van der Waals surface area contributed by atoms with Gasteiger partial charge in [-0.15, -0.1) is 0 Å². The van der Waals surface area contributed by atoms with Crippen LogP contribution >= 0.6 is 23.2 Å². The number of amides is 8. The van der Waals surface area contributed by atoms with Gasteiger partial charge < -0.3 is 167 Å². The summed E-state index contributed by atoms with van der Waals surface area (Å²) in [6.07, 6.45) is -25.9. The van der Waals surface area contributed by atoms with Gasteiger partial charge >= 0.3 is 5.97 Å². The summed E-state index contributed by atoms with van der Waals surface area (Å²) in [6.45, 7) is 1.97. The number of nitrogens with one attached hydrogen (secondary N) is 8. The van der Waals surface area contributed by atoms with E-state index in [-0.39, 0.29) is 39.8 Å². The number of aliphatic hydroxyl groups excluding tert-OH is 10. The first kappa shape index (κ1) is 96.0. The van der Waals surface area contributed by atoms with Gasteiger partial charge in [-0.3, -0.25) is 38.4 Å². The van der Waals surface area contributed by atoms with Crippen molar-refractivity contribution in [1.29, 1.82) is 0 Å². The number of carboxylic acid groups (broad SMARTS) is 1. The molecule has 3 saturated heterocycles. The number of benzene rings is 7. The second-order valence-corrected chi connectivity index (χ2v) is 34.0. The van der Waals surface area contributed by atoms with Gasteiger partial charge in [-0.1, -0.05) is 87.0 Å². The Morgan fingerprint density at radius 1 is 0.500 bits per heavy atom. The quantitative estimate of drug-likeness (QED) is 0.0503. The number of hydrogen-bond donors (Lipinski definition) is 24. The predicted molar refractivity (Wildman–Crippen MR) is 453 cm³/mol. The van der Waals surface area contributed by atoms with E-state index >= 15 is 24.0 Å². The number of rotatable bonds is 19. The first-order valence-electron chi connectivity index (χ1n) is 42.0. The topological polar surface area (TPSA) is 662 Å². The highest BCUT2D eigenvalue weighted by molar-refractivity contribution is 6.32. The second kappa shape index (κ2) is 40.6. The molecule has 0 aliphatic carbocycles. The summed E-state index contributed by atoms with van der Waals surface area (Å²) in [5.74, 6) is -19.2. The van der Waals surface area contributed by atoms with E-state index in [1.807, 2.05) is 0 Å². The Balaban J connectivity index is 1.04. The Morgan fingerprint density at radius 3 is 1.68 bits per heavy atom. The van der Waals surface area contributed by atoms with Crippen LogP contribution < -0.4 is 72.0 Å². The number of phenolic OH excluding ortho intramolecular Hbond substituents is 4. The van der Waals surface area contributed by atoms with Gasteiger partial charge in [0.15, 0.2) is 35.3 Å². The lowest BCUT2D eigenvalue weighted by atomic mass is 9.89. The highest BCUT2D eigenvalue weighted by Crippen LogP contribution is 2.51. The summed E-state index contributed by atoms with van der Waals surface area (Å²) in [6, 6.07) is 0.658. The molecule has 132 heavy (non-hydrogen) atoms. The SMILES string of the molecule is CC(=O)N[C@H]1[C@H](O[C@@H]2c3ccc(c(Cl)c3)Oc3cc4cc(c3O[C@@H]3O[C@H](CO)[C@@H](O)[C@H](O)[C@H]3NC(=O)CCCCCCC(C)C)Oc3ccc(cc3Cl)C[C@H]3NC(=O)[C@H](N)c5ccc(O)c(c5)Oc5cc(O)cc(c5)[C@H](NC3=O)C(=O)N[C@H]4C(=O)N[C@H]3C(=O)N[C@@H]2C(=O)N[C@H](C(=O)O)c2cc(O)cc(O[C@H]4O[C@H](CO)[C@@H](O)[C@H](O)[C@@H]4O)c2-c2cc3ccc2O)O[C@H](CO)[C@@H](O)[C@@H]1O. The zero-order valence-corrected chi connectivity index (χ0v) is 71.8. The number of hydrogen-bond acceptors (Lipinski definition) is 33.